The van der Waals surface area contributed by atoms with Crippen LogP contribution in [0, 0.1) is 0 Å². The molecule has 4 rings (SSSR count). The zero-order chi connectivity index (χ0) is 17.2. The Hall–Kier alpha value is -2.73. The quantitative estimate of drug-likeness (QED) is 0.716. The molecule has 1 fully saturated rings. The van der Waals surface area contributed by atoms with Gasteiger partial charge < -0.3 is 9.32 Å². The van der Waals surface area contributed by atoms with Gasteiger partial charge in [0.2, 0.25) is 11.8 Å². The van der Waals surface area contributed by atoms with Gasteiger partial charge in [-0.15, -0.1) is 10.2 Å². The van der Waals surface area contributed by atoms with E-state index in [1.54, 1.807) is 41.6 Å². The number of likely N-dealkylation sites (tertiary alicyclic amines) is 1. The normalized spacial score (nSPS) is 17.0. The largest absolute Gasteiger partial charge is 0.418 e. The Morgan fingerprint density at radius 2 is 2.04 bits per heavy atom. The Morgan fingerprint density at radius 3 is 2.80 bits per heavy atom. The van der Waals surface area contributed by atoms with Gasteiger partial charge >= 0.3 is 0 Å². The topological polar surface area (TPSA) is 72.1 Å². The number of amides is 1. The van der Waals surface area contributed by atoms with E-state index >= 15 is 0 Å². The van der Waals surface area contributed by atoms with E-state index in [4.69, 9.17) is 16.0 Å². The molecule has 1 aromatic carbocycles. The van der Waals surface area contributed by atoms with Crippen molar-refractivity contribution in [2.24, 2.45) is 0 Å². The second-order valence-electron chi connectivity index (χ2n) is 5.85. The molecule has 0 N–H and O–H groups in total. The molecule has 3 heterocycles. The first-order valence-electron chi connectivity index (χ1n) is 8.03. The second-order valence-corrected chi connectivity index (χ2v) is 6.29. The van der Waals surface area contributed by atoms with E-state index in [0.717, 1.165) is 18.4 Å². The highest BCUT2D eigenvalue weighted by Crippen LogP contribution is 2.33. The summed E-state index contributed by atoms with van der Waals surface area (Å²) in [5.74, 6) is 0.813. The number of rotatable bonds is 3. The van der Waals surface area contributed by atoms with Gasteiger partial charge in [-0.25, -0.2) is 0 Å². The van der Waals surface area contributed by atoms with Gasteiger partial charge in [-0.05, 0) is 49.2 Å². The molecule has 7 heteroatoms. The Balaban J connectivity index is 1.58. The average molecular weight is 355 g/mol. The van der Waals surface area contributed by atoms with Gasteiger partial charge in [-0.3, -0.25) is 9.78 Å². The molecular formula is C18H15ClN4O2. The fourth-order valence-electron chi connectivity index (χ4n) is 3.00. The molecule has 2 aromatic heterocycles. The number of aromatic nitrogens is 3. The van der Waals surface area contributed by atoms with Crippen LogP contribution in [0.25, 0.3) is 11.5 Å². The summed E-state index contributed by atoms with van der Waals surface area (Å²) in [5.41, 5.74) is 1.36. The number of pyridine rings is 1. The monoisotopic (exact) mass is 354 g/mol. The van der Waals surface area contributed by atoms with E-state index in [9.17, 15) is 4.79 Å². The number of carbonyl (C=O) groups is 1. The lowest BCUT2D eigenvalue weighted by atomic mass is 10.1. The van der Waals surface area contributed by atoms with Crippen LogP contribution in [-0.4, -0.2) is 32.5 Å². The third-order valence-corrected chi connectivity index (χ3v) is 4.49. The number of hydrogen-bond donors (Lipinski definition) is 0. The lowest BCUT2D eigenvalue weighted by Gasteiger charge is -2.22. The summed E-state index contributed by atoms with van der Waals surface area (Å²) in [6.45, 7) is 0.663. The van der Waals surface area contributed by atoms with Gasteiger partial charge in [0.25, 0.3) is 5.91 Å². The third kappa shape index (κ3) is 3.13. The number of carbonyl (C=O) groups excluding carboxylic acids is 1. The average Bonchev–Trinajstić information content (AvgIpc) is 3.32. The molecule has 0 spiro atoms. The highest BCUT2D eigenvalue weighted by molar-refractivity contribution is 6.30. The van der Waals surface area contributed by atoms with E-state index in [2.05, 4.69) is 15.2 Å². The predicted octanol–water partition coefficient (Wildman–Crippen LogP) is 3.76. The maximum absolute atomic E-state index is 12.8. The molecule has 126 valence electrons. The van der Waals surface area contributed by atoms with Gasteiger partial charge in [0, 0.05) is 29.5 Å². The van der Waals surface area contributed by atoms with Crippen molar-refractivity contribution in [3.63, 3.8) is 0 Å². The molecule has 3 aromatic rings. The van der Waals surface area contributed by atoms with Crippen LogP contribution >= 0.6 is 11.6 Å². The van der Waals surface area contributed by atoms with Crippen LogP contribution < -0.4 is 0 Å². The molecule has 1 saturated heterocycles. The van der Waals surface area contributed by atoms with E-state index in [1.807, 2.05) is 12.1 Å². The fourth-order valence-corrected chi connectivity index (χ4v) is 3.13. The number of hydrogen-bond acceptors (Lipinski definition) is 5. The van der Waals surface area contributed by atoms with Crippen molar-refractivity contribution >= 4 is 17.5 Å². The van der Waals surface area contributed by atoms with E-state index < -0.39 is 0 Å². The van der Waals surface area contributed by atoms with Gasteiger partial charge in [-0.1, -0.05) is 11.6 Å². The maximum atomic E-state index is 12.8. The second kappa shape index (κ2) is 6.64. The Bertz CT molecular complexity index is 880. The van der Waals surface area contributed by atoms with Gasteiger partial charge in [0.15, 0.2) is 0 Å². The van der Waals surface area contributed by atoms with Crippen molar-refractivity contribution in [3.8, 4) is 11.5 Å². The first-order chi connectivity index (χ1) is 12.2. The minimum atomic E-state index is -0.207. The summed E-state index contributed by atoms with van der Waals surface area (Å²) < 4.78 is 5.81. The van der Waals surface area contributed by atoms with Crippen molar-refractivity contribution in [1.29, 1.82) is 0 Å². The molecule has 1 atom stereocenters. The highest BCUT2D eigenvalue weighted by Gasteiger charge is 2.34. The van der Waals surface area contributed by atoms with E-state index in [1.165, 1.54) is 0 Å². The van der Waals surface area contributed by atoms with Gasteiger partial charge in [0.1, 0.15) is 6.04 Å². The van der Waals surface area contributed by atoms with Gasteiger partial charge in [-0.2, -0.15) is 0 Å². The van der Waals surface area contributed by atoms with Crippen LogP contribution in [0.4, 0.5) is 0 Å². The zero-order valence-corrected chi connectivity index (χ0v) is 14.1. The number of benzene rings is 1. The summed E-state index contributed by atoms with van der Waals surface area (Å²) in [4.78, 5) is 18.6. The van der Waals surface area contributed by atoms with E-state index in [-0.39, 0.29) is 11.9 Å². The first-order valence-corrected chi connectivity index (χ1v) is 8.40. The summed E-state index contributed by atoms with van der Waals surface area (Å²) in [5, 5.41) is 8.86. The van der Waals surface area contributed by atoms with Crippen molar-refractivity contribution in [2.45, 2.75) is 18.9 Å². The minimum Gasteiger partial charge on any atom is -0.418 e. The van der Waals surface area contributed by atoms with Crippen LogP contribution in [0.2, 0.25) is 5.02 Å². The summed E-state index contributed by atoms with van der Waals surface area (Å²) >= 11 is 5.90. The predicted molar refractivity (Wildman–Crippen MR) is 92.0 cm³/mol. The fraction of sp³-hybridized carbons (Fsp3) is 0.222. The van der Waals surface area contributed by atoms with Crippen molar-refractivity contribution in [3.05, 3.63) is 65.3 Å². The number of halogens is 1. The van der Waals surface area contributed by atoms with Crippen LogP contribution in [0.5, 0.6) is 0 Å². The van der Waals surface area contributed by atoms with Crippen LogP contribution in [-0.2, 0) is 0 Å². The van der Waals surface area contributed by atoms with Crippen LogP contribution in [0.1, 0.15) is 35.1 Å². The molecule has 1 unspecified atom stereocenters. The number of nitrogens with zero attached hydrogens (tertiary/aromatic N) is 4. The van der Waals surface area contributed by atoms with Crippen molar-refractivity contribution < 1.29 is 9.21 Å². The van der Waals surface area contributed by atoms with Crippen molar-refractivity contribution in [2.75, 3.05) is 6.54 Å². The SMILES string of the molecule is O=C(c1ccc(Cl)cc1)N1CCCC1c1nnc(-c2cccnc2)o1. The minimum absolute atomic E-state index is 0.0553. The van der Waals surface area contributed by atoms with Crippen LogP contribution in [0.3, 0.4) is 0 Å². The molecular weight excluding hydrogens is 340 g/mol. The van der Waals surface area contributed by atoms with Gasteiger partial charge in [0.05, 0.1) is 5.56 Å². The molecule has 1 aliphatic heterocycles. The third-order valence-electron chi connectivity index (χ3n) is 4.24. The lowest BCUT2D eigenvalue weighted by molar-refractivity contribution is 0.0716. The molecule has 0 saturated carbocycles. The Morgan fingerprint density at radius 1 is 1.20 bits per heavy atom. The maximum Gasteiger partial charge on any atom is 0.254 e. The smallest absolute Gasteiger partial charge is 0.254 e. The van der Waals surface area contributed by atoms with Crippen LogP contribution in [0.15, 0.2) is 53.2 Å². The molecule has 0 radical (unpaired) electrons. The Labute approximate surface area is 149 Å². The zero-order valence-electron chi connectivity index (χ0n) is 13.3. The van der Waals surface area contributed by atoms with Crippen molar-refractivity contribution in [1.82, 2.24) is 20.1 Å². The molecule has 25 heavy (non-hydrogen) atoms. The highest BCUT2D eigenvalue weighted by atomic mass is 35.5. The summed E-state index contributed by atoms with van der Waals surface area (Å²) in [6.07, 6.45) is 5.05. The molecule has 1 amide bonds. The van der Waals surface area contributed by atoms with E-state index in [0.29, 0.717) is 28.9 Å². The lowest BCUT2D eigenvalue weighted by Crippen LogP contribution is -2.30. The molecule has 0 bridgehead atoms. The summed E-state index contributed by atoms with van der Waals surface area (Å²) in [7, 11) is 0. The first kappa shape index (κ1) is 15.8. The Kier molecular flexibility index (Phi) is 4.19. The standard InChI is InChI=1S/C18H15ClN4O2/c19-14-7-5-12(6-8-14)18(24)23-10-2-4-15(23)17-22-21-16(25-17)13-3-1-9-20-11-13/h1,3,5-9,11,15H,2,4,10H2. The molecule has 0 aliphatic carbocycles. The molecule has 1 aliphatic rings. The molecule has 6 nitrogen and oxygen atoms in total. The summed E-state index contributed by atoms with van der Waals surface area (Å²) in [6, 6.07) is 10.4.